The Labute approximate surface area is 285 Å². The highest BCUT2D eigenvalue weighted by molar-refractivity contribution is 7.99. The average Bonchev–Trinajstić information content (AvgIpc) is 3.88. The van der Waals surface area contributed by atoms with Gasteiger partial charge in [0.2, 0.25) is 19.5 Å². The number of nitrogens with two attached hydrogens (primary N) is 1. The van der Waals surface area contributed by atoms with Gasteiger partial charge in [-0.1, -0.05) is 11.8 Å². The van der Waals surface area contributed by atoms with Crippen molar-refractivity contribution in [2.75, 3.05) is 39.4 Å². The van der Waals surface area contributed by atoms with E-state index in [1.165, 1.54) is 11.8 Å². The summed E-state index contributed by atoms with van der Waals surface area (Å²) in [4.78, 5) is 47.3. The minimum atomic E-state index is -4.33. The summed E-state index contributed by atoms with van der Waals surface area (Å²) in [5.41, 5.74) is 6.97. The van der Waals surface area contributed by atoms with Gasteiger partial charge in [0.15, 0.2) is 12.0 Å². The Balaban J connectivity index is 1.12. The maximum atomic E-state index is 13.3. The molecule has 5 rings (SSSR count). The smallest absolute Gasteiger partial charge is 0.497 e. The molecule has 2 aliphatic carbocycles. The molecule has 0 radical (unpaired) electrons. The fourth-order valence-electron chi connectivity index (χ4n) is 5.02. The number of hydrogen-bond donors (Lipinski definition) is 1. The molecule has 2 aliphatic rings. The van der Waals surface area contributed by atoms with E-state index in [0.29, 0.717) is 16.2 Å². The van der Waals surface area contributed by atoms with E-state index in [0.717, 1.165) is 62.0 Å². The lowest BCUT2D eigenvalue weighted by Gasteiger charge is -2.17. The first-order chi connectivity index (χ1) is 23.8. The summed E-state index contributed by atoms with van der Waals surface area (Å²) >= 11 is 1.36. The first-order valence-corrected chi connectivity index (χ1v) is 18.1. The van der Waals surface area contributed by atoms with Crippen LogP contribution in [-0.4, -0.2) is 77.7 Å². The molecule has 0 atom stereocenters. The van der Waals surface area contributed by atoms with Gasteiger partial charge in [-0.05, 0) is 75.6 Å². The molecule has 0 saturated heterocycles. The van der Waals surface area contributed by atoms with Crippen molar-refractivity contribution >= 4 is 48.8 Å². The van der Waals surface area contributed by atoms with Crippen molar-refractivity contribution in [1.29, 1.82) is 0 Å². The Hall–Kier alpha value is -3.71. The van der Waals surface area contributed by atoms with E-state index in [2.05, 4.69) is 15.0 Å². The molecule has 49 heavy (non-hydrogen) atoms. The Morgan fingerprint density at radius 3 is 2.08 bits per heavy atom. The van der Waals surface area contributed by atoms with Crippen LogP contribution < -0.4 is 10.5 Å². The van der Waals surface area contributed by atoms with Crippen molar-refractivity contribution in [1.82, 2.24) is 19.5 Å². The van der Waals surface area contributed by atoms with Crippen LogP contribution in [0.15, 0.2) is 40.5 Å². The molecule has 0 bridgehead atoms. The monoisotopic (exact) mass is 727 g/mol. The molecule has 20 heteroatoms. The van der Waals surface area contributed by atoms with Gasteiger partial charge in [-0.2, -0.15) is 14.8 Å². The Morgan fingerprint density at radius 1 is 0.918 bits per heavy atom. The summed E-state index contributed by atoms with van der Waals surface area (Å²) in [6, 6.07) is 7.44. The summed E-state index contributed by atoms with van der Waals surface area (Å²) in [6.45, 7) is -1.35. The molecule has 2 saturated carbocycles. The van der Waals surface area contributed by atoms with E-state index in [-0.39, 0.29) is 31.3 Å². The van der Waals surface area contributed by atoms with Crippen LogP contribution >= 0.6 is 19.4 Å². The van der Waals surface area contributed by atoms with Crippen molar-refractivity contribution < 1.29 is 61.7 Å². The lowest BCUT2D eigenvalue weighted by atomic mass is 10.3. The standard InChI is InChI=1S/C29H38N5O13PS/c1-38-20-10-12-23(13-11-20)49-26-24-25(32-27(30)33-26)34(16-31-24)14-15-39-19-48(37,46-42-17-40-28(35)44-21-6-2-3-7-21)47-43-18-41-29(36)45-22-8-4-5-9-22/h10-13,16,21-22H,2-9,14-15,17-19H2,1H3,(H2,30,32,33). The van der Waals surface area contributed by atoms with Crippen LogP contribution in [0.4, 0.5) is 15.5 Å². The second-order valence-corrected chi connectivity index (χ2v) is 13.7. The average molecular weight is 728 g/mol. The molecule has 2 N–H and O–H groups in total. The van der Waals surface area contributed by atoms with Crippen LogP contribution in [0.3, 0.4) is 0 Å². The third-order valence-corrected chi connectivity index (χ3v) is 9.51. The minimum Gasteiger partial charge on any atom is -0.497 e. The van der Waals surface area contributed by atoms with E-state index in [4.69, 9.17) is 53.3 Å². The van der Waals surface area contributed by atoms with Gasteiger partial charge < -0.3 is 38.7 Å². The largest absolute Gasteiger partial charge is 0.510 e. The number of imidazole rings is 1. The van der Waals surface area contributed by atoms with Crippen molar-refractivity contribution in [3.05, 3.63) is 30.6 Å². The number of benzene rings is 1. The number of fused-ring (bicyclic) bond motifs is 1. The minimum absolute atomic E-state index is 0.0263. The van der Waals surface area contributed by atoms with E-state index in [9.17, 15) is 14.2 Å². The van der Waals surface area contributed by atoms with Gasteiger partial charge in [-0.15, -0.1) is 9.35 Å². The topological polar surface area (TPSA) is 213 Å². The maximum Gasteiger partial charge on any atom is 0.510 e. The van der Waals surface area contributed by atoms with Gasteiger partial charge in [0.25, 0.3) is 0 Å². The van der Waals surface area contributed by atoms with E-state index in [1.54, 1.807) is 18.0 Å². The molecule has 2 aromatic heterocycles. The van der Waals surface area contributed by atoms with Gasteiger partial charge in [0, 0.05) is 11.4 Å². The number of carbonyl (C=O) groups is 2. The number of ether oxygens (including phenoxy) is 6. The molecule has 0 unspecified atom stereocenters. The molecule has 0 aliphatic heterocycles. The molecular formula is C29H38N5O13PS. The summed E-state index contributed by atoms with van der Waals surface area (Å²) in [5, 5.41) is 0.552. The van der Waals surface area contributed by atoms with Crippen LogP contribution in [-0.2, 0) is 53.9 Å². The highest BCUT2D eigenvalue weighted by Gasteiger charge is 2.30. The normalized spacial score (nSPS) is 15.4. The Bertz CT molecular complexity index is 1530. The number of carbonyl (C=O) groups excluding carboxylic acids is 2. The molecule has 1 aromatic carbocycles. The van der Waals surface area contributed by atoms with Gasteiger partial charge in [0.05, 0.1) is 20.0 Å². The lowest BCUT2D eigenvalue weighted by molar-refractivity contribution is -0.308. The van der Waals surface area contributed by atoms with E-state index < -0.39 is 39.8 Å². The van der Waals surface area contributed by atoms with Crippen LogP contribution in [0.25, 0.3) is 11.2 Å². The summed E-state index contributed by atoms with van der Waals surface area (Å²) in [5.74, 6) is 0.773. The fourth-order valence-corrected chi connectivity index (χ4v) is 6.77. The Kier molecular flexibility index (Phi) is 13.7. The van der Waals surface area contributed by atoms with Crippen molar-refractivity contribution in [2.45, 2.75) is 80.0 Å². The van der Waals surface area contributed by atoms with E-state index >= 15 is 0 Å². The first-order valence-electron chi connectivity index (χ1n) is 15.6. The number of hydrogen-bond acceptors (Lipinski definition) is 18. The quantitative estimate of drug-likeness (QED) is 0.0314. The number of nitrogens with zero attached hydrogens (tertiary/aromatic N) is 4. The highest BCUT2D eigenvalue weighted by Crippen LogP contribution is 2.48. The molecule has 2 heterocycles. The van der Waals surface area contributed by atoms with Crippen molar-refractivity contribution in [2.24, 2.45) is 0 Å². The van der Waals surface area contributed by atoms with Crippen molar-refractivity contribution in [3.8, 4) is 5.75 Å². The van der Waals surface area contributed by atoms with Crippen LogP contribution in [0.1, 0.15) is 51.4 Å². The predicted molar refractivity (Wildman–Crippen MR) is 169 cm³/mol. The number of nitrogen functional groups attached to an aromatic ring is 1. The predicted octanol–water partition coefficient (Wildman–Crippen LogP) is 5.74. The number of aromatic nitrogens is 4. The third kappa shape index (κ3) is 11.4. The molecule has 0 amide bonds. The zero-order chi connectivity index (χ0) is 34.5. The molecule has 18 nitrogen and oxygen atoms in total. The van der Waals surface area contributed by atoms with Gasteiger partial charge in [0.1, 0.15) is 28.5 Å². The highest BCUT2D eigenvalue weighted by atomic mass is 32.2. The second-order valence-electron chi connectivity index (χ2n) is 10.9. The summed E-state index contributed by atoms with van der Waals surface area (Å²) in [6.07, 6.45) is 5.35. The van der Waals surface area contributed by atoms with Gasteiger partial charge in [-0.3, -0.25) is 4.57 Å². The number of anilines is 1. The first kappa shape index (κ1) is 36.6. The van der Waals surface area contributed by atoms with Crippen molar-refractivity contribution in [3.63, 3.8) is 0 Å². The third-order valence-electron chi connectivity index (χ3n) is 7.36. The SMILES string of the molecule is COc1ccc(Sc2nc(N)nc3c2ncn3CCOCP(=O)(OOCOC(=O)OC2CCCC2)OOCOC(=O)OC2CCCC2)cc1. The van der Waals surface area contributed by atoms with Gasteiger partial charge in [-0.25, -0.2) is 19.6 Å². The molecule has 0 spiro atoms. The zero-order valence-electron chi connectivity index (χ0n) is 26.8. The second kappa shape index (κ2) is 18.3. The van der Waals surface area contributed by atoms with Gasteiger partial charge >= 0.3 is 19.9 Å². The summed E-state index contributed by atoms with van der Waals surface area (Å²) < 4.78 is 55.5. The van der Waals surface area contributed by atoms with Crippen LogP contribution in [0, 0.1) is 0 Å². The van der Waals surface area contributed by atoms with E-state index in [1.807, 2.05) is 24.3 Å². The number of methoxy groups -OCH3 is 1. The molecular weight excluding hydrogens is 689 g/mol. The zero-order valence-corrected chi connectivity index (χ0v) is 28.5. The lowest BCUT2D eigenvalue weighted by Crippen LogP contribution is -2.18. The fraction of sp³-hybridized carbons (Fsp3) is 0.552. The Morgan fingerprint density at radius 2 is 1.51 bits per heavy atom. The molecule has 2 fully saturated rings. The van der Waals surface area contributed by atoms with Crippen LogP contribution in [0.2, 0.25) is 0 Å². The van der Waals surface area contributed by atoms with Crippen LogP contribution in [0.5, 0.6) is 5.75 Å². The molecule has 3 aromatic rings. The summed E-state index contributed by atoms with van der Waals surface area (Å²) in [7, 11) is -2.73. The molecule has 268 valence electrons. The maximum absolute atomic E-state index is 13.3. The number of rotatable bonds is 18.